The van der Waals surface area contributed by atoms with E-state index in [9.17, 15) is 9.59 Å². The van der Waals surface area contributed by atoms with Gasteiger partial charge in [-0.05, 0) is 44.3 Å². The fraction of sp³-hybridized carbons (Fsp3) is 0.500. The molecule has 0 fully saturated rings. The molecule has 1 aromatic carbocycles. The highest BCUT2D eigenvalue weighted by molar-refractivity contribution is 6.39. The van der Waals surface area contributed by atoms with Crippen LogP contribution in [0.4, 0.5) is 5.69 Å². The molecule has 0 saturated carbocycles. The van der Waals surface area contributed by atoms with E-state index in [0.29, 0.717) is 18.8 Å². The second-order valence-corrected chi connectivity index (χ2v) is 4.69. The number of nitrogens with one attached hydrogen (secondary N) is 2. The molecule has 0 aliphatic heterocycles. The minimum atomic E-state index is -0.663. The minimum Gasteiger partial charge on any atom is -0.494 e. The van der Waals surface area contributed by atoms with Crippen molar-refractivity contribution in [2.45, 2.75) is 20.8 Å². The van der Waals surface area contributed by atoms with Gasteiger partial charge in [0, 0.05) is 18.8 Å². The molecule has 0 heterocycles. The van der Waals surface area contributed by atoms with Crippen LogP contribution >= 0.6 is 0 Å². The molecule has 0 spiro atoms. The Morgan fingerprint density at radius 1 is 1.05 bits per heavy atom. The van der Waals surface area contributed by atoms with Crippen molar-refractivity contribution in [2.75, 3.05) is 38.1 Å². The van der Waals surface area contributed by atoms with Crippen LogP contribution in [0, 0.1) is 0 Å². The highest BCUT2D eigenvalue weighted by Crippen LogP contribution is 2.15. The maximum absolute atomic E-state index is 11.8. The average Bonchev–Trinajstić information content (AvgIpc) is 2.53. The monoisotopic (exact) mass is 307 g/mol. The zero-order valence-corrected chi connectivity index (χ0v) is 13.5. The summed E-state index contributed by atoms with van der Waals surface area (Å²) in [6.45, 7) is 9.63. The summed E-state index contributed by atoms with van der Waals surface area (Å²) in [4.78, 5) is 25.6. The smallest absolute Gasteiger partial charge is 0.313 e. The highest BCUT2D eigenvalue weighted by atomic mass is 16.5. The van der Waals surface area contributed by atoms with Crippen LogP contribution in [0.3, 0.4) is 0 Å². The Morgan fingerprint density at radius 2 is 1.68 bits per heavy atom. The van der Waals surface area contributed by atoms with Gasteiger partial charge in [0.05, 0.1) is 6.61 Å². The molecule has 0 aliphatic rings. The van der Waals surface area contributed by atoms with E-state index in [-0.39, 0.29) is 0 Å². The van der Waals surface area contributed by atoms with Gasteiger partial charge in [0.15, 0.2) is 0 Å². The maximum atomic E-state index is 11.8. The van der Waals surface area contributed by atoms with Crippen LogP contribution in [-0.2, 0) is 9.59 Å². The standard InChI is InChI=1S/C16H25N3O3/c1-4-19(5-2)12-11-17-15(20)16(21)18-13-7-9-14(10-8-13)22-6-3/h7-10H,4-6,11-12H2,1-3H3,(H,17,20)(H,18,21). The molecular formula is C16H25N3O3. The third-order valence-corrected chi connectivity index (χ3v) is 3.24. The molecule has 22 heavy (non-hydrogen) atoms. The van der Waals surface area contributed by atoms with Crippen molar-refractivity contribution in [1.29, 1.82) is 0 Å². The number of likely N-dealkylation sites (N-methyl/N-ethyl adjacent to an activating group) is 1. The summed E-state index contributed by atoms with van der Waals surface area (Å²) in [5, 5.41) is 5.17. The van der Waals surface area contributed by atoms with Crippen molar-refractivity contribution in [3.63, 3.8) is 0 Å². The summed E-state index contributed by atoms with van der Waals surface area (Å²) < 4.78 is 5.31. The van der Waals surface area contributed by atoms with Gasteiger partial charge in [-0.1, -0.05) is 13.8 Å². The van der Waals surface area contributed by atoms with E-state index in [1.165, 1.54) is 0 Å². The van der Waals surface area contributed by atoms with Gasteiger partial charge in [-0.15, -0.1) is 0 Å². The first-order valence-corrected chi connectivity index (χ1v) is 7.65. The van der Waals surface area contributed by atoms with Crippen molar-refractivity contribution in [3.8, 4) is 5.75 Å². The maximum Gasteiger partial charge on any atom is 0.313 e. The Labute approximate surface area is 131 Å². The molecule has 0 saturated heterocycles. The zero-order chi connectivity index (χ0) is 16.4. The van der Waals surface area contributed by atoms with Crippen LogP contribution in [-0.4, -0.2) is 49.5 Å². The van der Waals surface area contributed by atoms with Gasteiger partial charge in [0.2, 0.25) is 0 Å². The number of carbonyl (C=O) groups excluding carboxylic acids is 2. The van der Waals surface area contributed by atoms with Crippen LogP contribution in [0.1, 0.15) is 20.8 Å². The second kappa shape index (κ2) is 9.78. The number of carbonyl (C=O) groups is 2. The van der Waals surface area contributed by atoms with E-state index in [4.69, 9.17) is 4.74 Å². The van der Waals surface area contributed by atoms with E-state index in [1.54, 1.807) is 24.3 Å². The van der Waals surface area contributed by atoms with Gasteiger partial charge in [0.25, 0.3) is 0 Å². The predicted octanol–water partition coefficient (Wildman–Crippen LogP) is 1.48. The van der Waals surface area contributed by atoms with Crippen molar-refractivity contribution in [1.82, 2.24) is 10.2 Å². The third kappa shape index (κ3) is 6.13. The number of ether oxygens (including phenoxy) is 1. The fourth-order valence-electron chi connectivity index (χ4n) is 1.94. The normalized spacial score (nSPS) is 10.4. The number of rotatable bonds is 8. The zero-order valence-electron chi connectivity index (χ0n) is 13.5. The quantitative estimate of drug-likeness (QED) is 0.714. The van der Waals surface area contributed by atoms with Crippen LogP contribution in [0.25, 0.3) is 0 Å². The summed E-state index contributed by atoms with van der Waals surface area (Å²) in [7, 11) is 0. The lowest BCUT2D eigenvalue weighted by atomic mass is 10.3. The second-order valence-electron chi connectivity index (χ2n) is 4.69. The van der Waals surface area contributed by atoms with Crippen LogP contribution in [0.5, 0.6) is 5.75 Å². The molecular weight excluding hydrogens is 282 g/mol. The minimum absolute atomic E-state index is 0.456. The first-order chi connectivity index (χ1) is 10.6. The molecule has 6 heteroatoms. The van der Waals surface area contributed by atoms with Crippen molar-refractivity contribution in [3.05, 3.63) is 24.3 Å². The van der Waals surface area contributed by atoms with Crippen LogP contribution in [0.15, 0.2) is 24.3 Å². The van der Waals surface area contributed by atoms with Gasteiger partial charge in [-0.3, -0.25) is 9.59 Å². The van der Waals surface area contributed by atoms with Crippen LogP contribution in [0.2, 0.25) is 0 Å². The Hall–Kier alpha value is -2.08. The van der Waals surface area contributed by atoms with Crippen molar-refractivity contribution < 1.29 is 14.3 Å². The first kappa shape index (κ1) is 18.0. The summed E-state index contributed by atoms with van der Waals surface area (Å²) in [5.74, 6) is -0.561. The molecule has 1 rings (SSSR count). The average molecular weight is 307 g/mol. The van der Waals surface area contributed by atoms with E-state index >= 15 is 0 Å². The summed E-state index contributed by atoms with van der Waals surface area (Å²) in [5.41, 5.74) is 0.562. The molecule has 0 radical (unpaired) electrons. The third-order valence-electron chi connectivity index (χ3n) is 3.24. The van der Waals surface area contributed by atoms with Crippen molar-refractivity contribution >= 4 is 17.5 Å². The Balaban J connectivity index is 2.38. The van der Waals surface area contributed by atoms with Crippen molar-refractivity contribution in [2.24, 2.45) is 0 Å². The summed E-state index contributed by atoms with van der Waals surface area (Å²) in [6, 6.07) is 6.90. The van der Waals surface area contributed by atoms with Gasteiger partial charge < -0.3 is 20.3 Å². The highest BCUT2D eigenvalue weighted by Gasteiger charge is 2.13. The first-order valence-electron chi connectivity index (χ1n) is 7.65. The molecule has 122 valence electrons. The Kier molecular flexibility index (Phi) is 7.99. The number of anilines is 1. The number of amides is 2. The van der Waals surface area contributed by atoms with Gasteiger partial charge >= 0.3 is 11.8 Å². The Bertz CT molecular complexity index is 470. The lowest BCUT2D eigenvalue weighted by Gasteiger charge is -2.17. The number of hydrogen-bond donors (Lipinski definition) is 2. The molecule has 0 bridgehead atoms. The molecule has 0 aliphatic carbocycles. The number of benzene rings is 1. The predicted molar refractivity (Wildman–Crippen MR) is 87.0 cm³/mol. The molecule has 2 N–H and O–H groups in total. The summed E-state index contributed by atoms with van der Waals surface area (Å²) >= 11 is 0. The SMILES string of the molecule is CCOc1ccc(NC(=O)C(=O)NCCN(CC)CC)cc1. The van der Waals surface area contributed by atoms with E-state index in [1.807, 2.05) is 6.92 Å². The lowest BCUT2D eigenvalue weighted by molar-refractivity contribution is -0.136. The molecule has 2 amide bonds. The van der Waals surface area contributed by atoms with Gasteiger partial charge in [0.1, 0.15) is 5.75 Å². The largest absolute Gasteiger partial charge is 0.494 e. The number of nitrogens with zero attached hydrogens (tertiary/aromatic N) is 1. The fourth-order valence-corrected chi connectivity index (χ4v) is 1.94. The summed E-state index contributed by atoms with van der Waals surface area (Å²) in [6.07, 6.45) is 0. The molecule has 1 aromatic rings. The molecule has 6 nitrogen and oxygen atoms in total. The van der Waals surface area contributed by atoms with E-state index in [0.717, 1.165) is 25.4 Å². The topological polar surface area (TPSA) is 70.7 Å². The lowest BCUT2D eigenvalue weighted by Crippen LogP contribution is -2.40. The van der Waals surface area contributed by atoms with Crippen LogP contribution < -0.4 is 15.4 Å². The van der Waals surface area contributed by atoms with E-state index < -0.39 is 11.8 Å². The molecule has 0 unspecified atom stereocenters. The van der Waals surface area contributed by atoms with Gasteiger partial charge in [-0.2, -0.15) is 0 Å². The van der Waals surface area contributed by atoms with Gasteiger partial charge in [-0.25, -0.2) is 0 Å². The molecule has 0 atom stereocenters. The number of hydrogen-bond acceptors (Lipinski definition) is 4. The molecule has 0 aromatic heterocycles. The Morgan fingerprint density at radius 3 is 2.23 bits per heavy atom. The van der Waals surface area contributed by atoms with E-state index in [2.05, 4.69) is 29.4 Å².